The van der Waals surface area contributed by atoms with Gasteiger partial charge in [-0.15, -0.1) is 22.7 Å². The summed E-state index contributed by atoms with van der Waals surface area (Å²) >= 11 is 3.64. The van der Waals surface area contributed by atoms with Gasteiger partial charge in [-0.1, -0.05) is 109 Å². The van der Waals surface area contributed by atoms with Gasteiger partial charge in [0.15, 0.2) is 0 Å². The lowest BCUT2D eigenvalue weighted by atomic mass is 9.94. The molecule has 5 heteroatoms. The third kappa shape index (κ3) is 4.43. The van der Waals surface area contributed by atoms with Gasteiger partial charge in [-0.25, -0.2) is 4.98 Å². The zero-order valence-corrected chi connectivity index (χ0v) is 30.4. The highest BCUT2D eigenvalue weighted by molar-refractivity contribution is 7.25. The molecule has 252 valence electrons. The van der Waals surface area contributed by atoms with Crippen molar-refractivity contribution in [2.75, 3.05) is 4.90 Å². The van der Waals surface area contributed by atoms with E-state index in [1.807, 2.05) is 23.5 Å². The van der Waals surface area contributed by atoms with Crippen LogP contribution in [-0.4, -0.2) is 4.98 Å². The minimum Gasteiger partial charge on any atom is -0.456 e. The van der Waals surface area contributed by atoms with Crippen LogP contribution in [0.15, 0.2) is 174 Å². The summed E-state index contributed by atoms with van der Waals surface area (Å²) in [5.74, 6) is 0. The van der Waals surface area contributed by atoms with E-state index in [0.29, 0.717) is 0 Å². The first-order valence-electron chi connectivity index (χ1n) is 18.1. The molecule has 0 N–H and O–H groups in total. The van der Waals surface area contributed by atoms with E-state index in [1.165, 1.54) is 58.1 Å². The van der Waals surface area contributed by atoms with E-state index in [1.54, 1.807) is 11.3 Å². The van der Waals surface area contributed by atoms with E-state index in [0.717, 1.165) is 55.3 Å². The van der Waals surface area contributed by atoms with Gasteiger partial charge in [0.2, 0.25) is 0 Å². The molecule has 1 aliphatic carbocycles. The second-order valence-electron chi connectivity index (χ2n) is 13.9. The van der Waals surface area contributed by atoms with Crippen LogP contribution in [0, 0.1) is 0 Å². The Balaban J connectivity index is 1.03. The lowest BCUT2D eigenvalue weighted by molar-refractivity contribution is 0.669. The molecule has 0 saturated heterocycles. The number of rotatable bonds is 5. The number of furan rings is 1. The number of aromatic nitrogens is 1. The summed E-state index contributed by atoms with van der Waals surface area (Å²) in [6.45, 7) is 0. The number of anilines is 3. The number of nitrogens with zero attached hydrogens (tertiary/aromatic N) is 2. The van der Waals surface area contributed by atoms with Gasteiger partial charge in [0, 0.05) is 70.1 Å². The maximum Gasteiger partial charge on any atom is 0.135 e. The largest absolute Gasteiger partial charge is 0.456 e. The van der Waals surface area contributed by atoms with Crippen molar-refractivity contribution in [2.45, 2.75) is 0 Å². The predicted molar refractivity (Wildman–Crippen MR) is 230 cm³/mol. The van der Waals surface area contributed by atoms with Gasteiger partial charge in [-0.05, 0) is 77.2 Å². The zero-order valence-electron chi connectivity index (χ0n) is 28.8. The molecule has 0 fully saturated rings. The number of fused-ring (bicyclic) bond motifs is 9. The molecule has 0 saturated carbocycles. The number of thiophene rings is 1. The van der Waals surface area contributed by atoms with Crippen LogP contribution >= 0.6 is 22.7 Å². The molecule has 1 aliphatic rings. The summed E-state index contributed by atoms with van der Waals surface area (Å²) in [6, 6.07) is 61.3. The average Bonchev–Trinajstić information content (AvgIpc) is 4.00. The highest BCUT2D eigenvalue weighted by Crippen LogP contribution is 2.53. The first-order valence-corrected chi connectivity index (χ1v) is 19.7. The van der Waals surface area contributed by atoms with E-state index < -0.39 is 0 Å². The number of benzene rings is 8. The minimum absolute atomic E-state index is 0.889. The molecule has 0 unspecified atom stereocenters. The zero-order chi connectivity index (χ0) is 35.3. The third-order valence-electron chi connectivity index (χ3n) is 10.8. The van der Waals surface area contributed by atoms with E-state index in [9.17, 15) is 0 Å². The Morgan fingerprint density at radius 1 is 0.426 bits per heavy atom. The number of hydrogen-bond acceptors (Lipinski definition) is 5. The number of para-hydroxylation sites is 1. The van der Waals surface area contributed by atoms with Gasteiger partial charge < -0.3 is 9.32 Å². The Labute approximate surface area is 318 Å². The fourth-order valence-electron chi connectivity index (χ4n) is 8.40. The Bertz CT molecular complexity index is 3160. The third-order valence-corrected chi connectivity index (χ3v) is 13.1. The van der Waals surface area contributed by atoms with Gasteiger partial charge in [0.05, 0.1) is 10.6 Å². The summed E-state index contributed by atoms with van der Waals surface area (Å²) in [5, 5.41) is 8.39. The highest BCUT2D eigenvalue weighted by Gasteiger charge is 2.27. The SMILES string of the molecule is c1ccc(-c2nc3c(s2)-c2cccc4c(-c5cccc(N(c6ccc7oc8ccccc8c7c6)c6ccc7sc8ccccc8c7c6)c5)ccc-3c24)cc1. The van der Waals surface area contributed by atoms with Crippen molar-refractivity contribution < 1.29 is 4.42 Å². The molecular weight excluding hydrogens is 697 g/mol. The van der Waals surface area contributed by atoms with Gasteiger partial charge in [0.1, 0.15) is 16.2 Å². The summed E-state index contributed by atoms with van der Waals surface area (Å²) < 4.78 is 8.85. The molecule has 3 nitrogen and oxygen atoms in total. The quantitative estimate of drug-likeness (QED) is 0.177. The summed E-state index contributed by atoms with van der Waals surface area (Å²) in [6.07, 6.45) is 0. The molecule has 0 bridgehead atoms. The smallest absolute Gasteiger partial charge is 0.135 e. The molecule has 3 aromatic heterocycles. The van der Waals surface area contributed by atoms with E-state index in [2.05, 4.69) is 163 Å². The Morgan fingerprint density at radius 3 is 2.04 bits per heavy atom. The monoisotopic (exact) mass is 724 g/mol. The van der Waals surface area contributed by atoms with E-state index >= 15 is 0 Å². The van der Waals surface area contributed by atoms with Gasteiger partial charge in [0.25, 0.3) is 0 Å². The minimum atomic E-state index is 0.889. The molecule has 0 radical (unpaired) electrons. The van der Waals surface area contributed by atoms with E-state index in [-0.39, 0.29) is 0 Å². The van der Waals surface area contributed by atoms with Crippen molar-refractivity contribution in [3.05, 3.63) is 170 Å². The maximum absolute atomic E-state index is 6.26. The van der Waals surface area contributed by atoms with Crippen LogP contribution in [0.5, 0.6) is 0 Å². The predicted octanol–water partition coefficient (Wildman–Crippen LogP) is 15.0. The fourth-order valence-corrected chi connectivity index (χ4v) is 10.6. The summed E-state index contributed by atoms with van der Waals surface area (Å²) in [4.78, 5) is 8.83. The molecule has 0 spiro atoms. The lowest BCUT2D eigenvalue weighted by Crippen LogP contribution is -2.10. The second-order valence-corrected chi connectivity index (χ2v) is 16.0. The van der Waals surface area contributed by atoms with Crippen molar-refractivity contribution in [3.63, 3.8) is 0 Å². The van der Waals surface area contributed by atoms with Crippen molar-refractivity contribution in [1.82, 2.24) is 4.98 Å². The van der Waals surface area contributed by atoms with Crippen LogP contribution in [0.2, 0.25) is 0 Å². The summed E-state index contributed by atoms with van der Waals surface area (Å²) in [5.41, 5.74) is 12.2. The molecule has 11 aromatic rings. The van der Waals surface area contributed by atoms with Crippen molar-refractivity contribution in [1.29, 1.82) is 0 Å². The molecular formula is C49H28N2OS2. The standard InChI is InChI=1S/C49H28N2OS2/c1-2-10-29(11-3-1)49-50-47-38-23-22-34(37-16-9-17-39(46(37)38)48(47)54-49)30-12-8-13-31(26-30)51(32-20-24-43-40(27-32)35-14-4-6-18-42(35)52-43)33-21-25-45-41(28-33)36-15-5-7-19-44(36)53-45/h1-28H. The number of thiazole rings is 1. The maximum atomic E-state index is 6.26. The molecule has 8 aromatic carbocycles. The molecule has 12 rings (SSSR count). The Morgan fingerprint density at radius 2 is 1.11 bits per heavy atom. The van der Waals surface area contributed by atoms with Gasteiger partial charge in [-0.2, -0.15) is 0 Å². The molecule has 0 amide bonds. The molecule has 0 aliphatic heterocycles. The first kappa shape index (κ1) is 30.0. The Hall–Kier alpha value is -6.53. The lowest BCUT2D eigenvalue weighted by Gasteiger charge is -2.26. The van der Waals surface area contributed by atoms with Gasteiger partial charge in [-0.3, -0.25) is 0 Å². The van der Waals surface area contributed by atoms with Crippen molar-refractivity contribution in [2.24, 2.45) is 0 Å². The van der Waals surface area contributed by atoms with Crippen LogP contribution in [0.25, 0.3) is 96.3 Å². The second kappa shape index (κ2) is 11.5. The van der Waals surface area contributed by atoms with Crippen LogP contribution < -0.4 is 4.90 Å². The van der Waals surface area contributed by atoms with Crippen LogP contribution in [0.3, 0.4) is 0 Å². The van der Waals surface area contributed by atoms with Crippen LogP contribution in [-0.2, 0) is 0 Å². The van der Waals surface area contributed by atoms with Gasteiger partial charge >= 0.3 is 0 Å². The van der Waals surface area contributed by atoms with Crippen LogP contribution in [0.1, 0.15) is 0 Å². The van der Waals surface area contributed by atoms with Crippen molar-refractivity contribution in [3.8, 4) is 43.4 Å². The average molecular weight is 725 g/mol. The van der Waals surface area contributed by atoms with Crippen LogP contribution in [0.4, 0.5) is 17.1 Å². The first-order chi connectivity index (χ1) is 26.7. The molecule has 54 heavy (non-hydrogen) atoms. The van der Waals surface area contributed by atoms with E-state index in [4.69, 9.17) is 9.40 Å². The fraction of sp³-hybridized carbons (Fsp3) is 0. The highest BCUT2D eigenvalue weighted by atomic mass is 32.1. The molecule has 0 atom stereocenters. The topological polar surface area (TPSA) is 29.3 Å². The normalized spacial score (nSPS) is 12.1. The van der Waals surface area contributed by atoms with Crippen molar-refractivity contribution >= 4 is 92.6 Å². The Kier molecular flexibility index (Phi) is 6.38. The molecule has 3 heterocycles. The summed E-state index contributed by atoms with van der Waals surface area (Å²) in [7, 11) is 0. The number of hydrogen-bond donors (Lipinski definition) is 0.